The molecule has 1 fully saturated rings. The predicted octanol–water partition coefficient (Wildman–Crippen LogP) is 1.41. The molecule has 2 aromatic carbocycles. The molecular weight excluding hydrogens is 326 g/mol. The smallest absolute Gasteiger partial charge is 0.0739 e. The fraction of sp³-hybridized carbons (Fsp3) is 0.429. The van der Waals surface area contributed by atoms with Crippen molar-refractivity contribution in [2.75, 3.05) is 36.8 Å². The van der Waals surface area contributed by atoms with Crippen LogP contribution in [0.15, 0.2) is 42.5 Å². The zero-order valence-electron chi connectivity index (χ0n) is 15.0. The molecule has 4 N–H and O–H groups in total. The Balaban J connectivity index is 1.46. The highest BCUT2D eigenvalue weighted by molar-refractivity contribution is 5.54. The van der Waals surface area contributed by atoms with Crippen molar-refractivity contribution < 1.29 is 10.2 Å². The normalized spacial score (nSPS) is 23.7. The van der Waals surface area contributed by atoms with E-state index in [9.17, 15) is 10.2 Å². The van der Waals surface area contributed by atoms with Gasteiger partial charge in [0.2, 0.25) is 0 Å². The molecule has 0 bridgehead atoms. The van der Waals surface area contributed by atoms with Gasteiger partial charge in [-0.15, -0.1) is 0 Å². The third kappa shape index (κ3) is 3.18. The maximum absolute atomic E-state index is 10.7. The summed E-state index contributed by atoms with van der Waals surface area (Å²) in [5, 5.41) is 20.3. The van der Waals surface area contributed by atoms with E-state index in [0.29, 0.717) is 6.42 Å². The summed E-state index contributed by atoms with van der Waals surface area (Å²) in [6, 6.07) is 14.2. The van der Waals surface area contributed by atoms with Crippen molar-refractivity contribution in [1.29, 1.82) is 0 Å². The number of anilines is 2. The molecule has 2 aliphatic rings. The Morgan fingerprint density at radius 1 is 0.962 bits per heavy atom. The Hall–Kier alpha value is -2.08. The number of hydrogen-bond donors (Lipinski definition) is 3. The van der Waals surface area contributed by atoms with Crippen LogP contribution in [0.4, 0.5) is 11.4 Å². The van der Waals surface area contributed by atoms with Gasteiger partial charge in [-0.2, -0.15) is 0 Å². The number of nitrogens with zero attached hydrogens (tertiary/aromatic N) is 2. The number of nitrogens with two attached hydrogens (primary N) is 1. The Morgan fingerprint density at radius 2 is 1.73 bits per heavy atom. The number of piperazine rings is 1. The van der Waals surface area contributed by atoms with Crippen LogP contribution in [0.3, 0.4) is 0 Å². The van der Waals surface area contributed by atoms with Gasteiger partial charge >= 0.3 is 0 Å². The summed E-state index contributed by atoms with van der Waals surface area (Å²) in [7, 11) is 0. The maximum Gasteiger partial charge on any atom is 0.0739 e. The third-order valence-electron chi connectivity index (χ3n) is 5.88. The molecule has 2 atom stereocenters. The number of fused-ring (bicyclic) bond motifs is 1. The summed E-state index contributed by atoms with van der Waals surface area (Å²) in [5.74, 6) is 0. The number of nitrogen functional groups attached to an aromatic ring is 1. The number of aliphatic hydroxyl groups excluding tert-OH is 2. The minimum Gasteiger partial charge on any atom is -0.398 e. The van der Waals surface area contributed by atoms with Crippen molar-refractivity contribution >= 4 is 11.4 Å². The molecule has 1 aliphatic carbocycles. The highest BCUT2D eigenvalue weighted by Crippen LogP contribution is 2.30. The summed E-state index contributed by atoms with van der Waals surface area (Å²) >= 11 is 0. The van der Waals surface area contributed by atoms with Crippen LogP contribution < -0.4 is 10.6 Å². The molecule has 0 spiro atoms. The van der Waals surface area contributed by atoms with Gasteiger partial charge < -0.3 is 20.8 Å². The Labute approximate surface area is 154 Å². The number of rotatable bonds is 3. The summed E-state index contributed by atoms with van der Waals surface area (Å²) in [6.45, 7) is 3.68. The van der Waals surface area contributed by atoms with Crippen LogP contribution >= 0.6 is 0 Å². The fourth-order valence-electron chi connectivity index (χ4n) is 4.42. The van der Waals surface area contributed by atoms with Gasteiger partial charge in [0, 0.05) is 55.6 Å². The van der Waals surface area contributed by atoms with E-state index < -0.39 is 0 Å². The quantitative estimate of drug-likeness (QED) is 0.728. The van der Waals surface area contributed by atoms with Crippen molar-refractivity contribution in [3.05, 3.63) is 59.2 Å². The van der Waals surface area contributed by atoms with Crippen LogP contribution in [0.5, 0.6) is 0 Å². The van der Waals surface area contributed by atoms with Gasteiger partial charge in [-0.1, -0.05) is 30.3 Å². The number of para-hydroxylation sites is 1. The van der Waals surface area contributed by atoms with Crippen LogP contribution in [0, 0.1) is 0 Å². The lowest BCUT2D eigenvalue weighted by molar-refractivity contribution is 0.0396. The van der Waals surface area contributed by atoms with E-state index in [1.165, 1.54) is 11.1 Å². The van der Waals surface area contributed by atoms with E-state index in [4.69, 9.17) is 5.73 Å². The predicted molar refractivity (Wildman–Crippen MR) is 104 cm³/mol. The molecule has 5 nitrogen and oxygen atoms in total. The van der Waals surface area contributed by atoms with E-state index in [1.54, 1.807) is 0 Å². The lowest BCUT2D eigenvalue weighted by Gasteiger charge is -2.44. The third-order valence-corrected chi connectivity index (χ3v) is 5.88. The standard InChI is InChI=1S/C21H27N3O2/c22-18-6-3-5-15-12-21(26)20(13-17(15)18)24-10-8-23(9-11-24)19-7-2-1-4-16(19)14-25/h1-7,20-21,25-26H,8-14,22H2/t20-,21-/m0/s1. The lowest BCUT2D eigenvalue weighted by atomic mass is 9.84. The second-order valence-corrected chi connectivity index (χ2v) is 7.34. The molecule has 26 heavy (non-hydrogen) atoms. The monoisotopic (exact) mass is 353 g/mol. The van der Waals surface area contributed by atoms with Gasteiger partial charge in [-0.3, -0.25) is 4.90 Å². The molecule has 0 radical (unpaired) electrons. The van der Waals surface area contributed by atoms with Gasteiger partial charge in [0.25, 0.3) is 0 Å². The van der Waals surface area contributed by atoms with E-state index in [2.05, 4.69) is 21.9 Å². The fourth-order valence-corrected chi connectivity index (χ4v) is 4.42. The highest BCUT2D eigenvalue weighted by Gasteiger charge is 2.34. The van der Waals surface area contributed by atoms with Crippen LogP contribution in [0.2, 0.25) is 0 Å². The molecule has 0 amide bonds. The lowest BCUT2D eigenvalue weighted by Crippen LogP contribution is -2.56. The molecule has 1 saturated heterocycles. The highest BCUT2D eigenvalue weighted by atomic mass is 16.3. The average Bonchev–Trinajstić information content (AvgIpc) is 2.68. The maximum atomic E-state index is 10.7. The molecule has 0 saturated carbocycles. The molecule has 4 rings (SSSR count). The number of benzene rings is 2. The van der Waals surface area contributed by atoms with Gasteiger partial charge in [0.15, 0.2) is 0 Å². The Bertz CT molecular complexity index is 772. The topological polar surface area (TPSA) is 73.0 Å². The SMILES string of the molecule is Nc1cccc2c1C[C@H](N1CCN(c3ccccc3CO)CC1)[C@@H](O)C2. The molecule has 0 unspecified atom stereocenters. The second kappa shape index (κ2) is 7.27. The molecule has 1 aliphatic heterocycles. The second-order valence-electron chi connectivity index (χ2n) is 7.34. The van der Waals surface area contributed by atoms with E-state index in [0.717, 1.165) is 49.5 Å². The summed E-state index contributed by atoms with van der Waals surface area (Å²) in [6.07, 6.45) is 1.15. The molecule has 2 aromatic rings. The van der Waals surface area contributed by atoms with E-state index >= 15 is 0 Å². The largest absolute Gasteiger partial charge is 0.398 e. The molecule has 5 heteroatoms. The minimum absolute atomic E-state index is 0.0633. The molecule has 0 aromatic heterocycles. The summed E-state index contributed by atoms with van der Waals surface area (Å²) in [4.78, 5) is 4.73. The van der Waals surface area contributed by atoms with Crippen molar-refractivity contribution in [2.24, 2.45) is 0 Å². The minimum atomic E-state index is -0.347. The molecule has 138 valence electrons. The van der Waals surface area contributed by atoms with Crippen molar-refractivity contribution in [1.82, 2.24) is 4.90 Å². The van der Waals surface area contributed by atoms with Crippen LogP contribution in [-0.2, 0) is 19.4 Å². The van der Waals surface area contributed by atoms with Crippen molar-refractivity contribution in [2.45, 2.75) is 31.6 Å². The zero-order valence-corrected chi connectivity index (χ0v) is 15.0. The zero-order chi connectivity index (χ0) is 18.1. The number of hydrogen-bond acceptors (Lipinski definition) is 5. The first-order chi connectivity index (χ1) is 12.7. The van der Waals surface area contributed by atoms with Gasteiger partial charge in [-0.25, -0.2) is 0 Å². The van der Waals surface area contributed by atoms with Crippen molar-refractivity contribution in [3.8, 4) is 0 Å². The molecule has 1 heterocycles. The van der Waals surface area contributed by atoms with Gasteiger partial charge in [-0.05, 0) is 29.7 Å². The average molecular weight is 353 g/mol. The summed E-state index contributed by atoms with van der Waals surface area (Å²) < 4.78 is 0. The van der Waals surface area contributed by atoms with Crippen LogP contribution in [0.1, 0.15) is 16.7 Å². The van der Waals surface area contributed by atoms with Crippen LogP contribution in [0.25, 0.3) is 0 Å². The summed E-state index contributed by atoms with van der Waals surface area (Å²) in [5.41, 5.74) is 11.5. The van der Waals surface area contributed by atoms with Crippen molar-refractivity contribution in [3.63, 3.8) is 0 Å². The van der Waals surface area contributed by atoms with E-state index in [-0.39, 0.29) is 18.8 Å². The Kier molecular flexibility index (Phi) is 4.85. The van der Waals surface area contributed by atoms with Crippen LogP contribution in [-0.4, -0.2) is 53.4 Å². The Morgan fingerprint density at radius 3 is 2.50 bits per heavy atom. The first-order valence-electron chi connectivity index (χ1n) is 9.39. The van der Waals surface area contributed by atoms with Gasteiger partial charge in [0.1, 0.15) is 0 Å². The number of aliphatic hydroxyl groups is 2. The first kappa shape index (κ1) is 17.3. The van der Waals surface area contributed by atoms with E-state index in [1.807, 2.05) is 30.3 Å². The van der Waals surface area contributed by atoms with Gasteiger partial charge in [0.05, 0.1) is 12.7 Å². The first-order valence-corrected chi connectivity index (χ1v) is 9.39. The molecular formula is C21H27N3O2.